The molecule has 0 aromatic heterocycles. The Morgan fingerprint density at radius 1 is 1.19 bits per heavy atom. The minimum atomic E-state index is -4.39. The molecule has 140 valence electrons. The smallest absolute Gasteiger partial charge is 0.394 e. The molecule has 2 aromatic carbocycles. The van der Waals surface area contributed by atoms with Gasteiger partial charge in [0.15, 0.2) is 5.84 Å². The number of rotatable bonds is 6. The summed E-state index contributed by atoms with van der Waals surface area (Å²) in [6, 6.07) is 10.0. The maximum absolute atomic E-state index is 12.7. The molecule has 0 fully saturated rings. The number of aliphatic hydroxyl groups is 1. The number of alkyl halides is 3. The van der Waals surface area contributed by atoms with Gasteiger partial charge in [-0.1, -0.05) is 11.6 Å². The summed E-state index contributed by atoms with van der Waals surface area (Å²) in [4.78, 5) is 0. The van der Waals surface area contributed by atoms with E-state index in [0.717, 1.165) is 22.8 Å². The number of aliphatic hydroxyl groups excluding tert-OH is 1. The summed E-state index contributed by atoms with van der Waals surface area (Å²) < 4.78 is 38.0. The van der Waals surface area contributed by atoms with Crippen molar-refractivity contribution in [3.63, 3.8) is 0 Å². The Hall–Kier alpha value is -2.78. The molecule has 0 saturated carbocycles. The standard InChI is InChI=1S/C17H20F3N5O/c1-11-2-7-15(14(10-11)16(21)24-25(22)8-9-26)23-13-5-3-12(4-6-13)17(18,19)20/h2-7,10,23,26H,8-9,22H2,1H3,(H2,21,24). The van der Waals surface area contributed by atoms with Crippen LogP contribution in [0, 0.1) is 6.92 Å². The van der Waals surface area contributed by atoms with E-state index in [-0.39, 0.29) is 19.0 Å². The highest BCUT2D eigenvalue weighted by atomic mass is 19.4. The molecule has 0 spiro atoms. The fourth-order valence-electron chi connectivity index (χ4n) is 2.22. The Bertz CT molecular complexity index is 775. The van der Waals surface area contributed by atoms with Crippen molar-refractivity contribution in [3.8, 4) is 0 Å². The van der Waals surface area contributed by atoms with Crippen LogP contribution in [-0.2, 0) is 6.18 Å². The van der Waals surface area contributed by atoms with Crippen LogP contribution in [0.2, 0.25) is 0 Å². The fourth-order valence-corrected chi connectivity index (χ4v) is 2.22. The molecule has 6 nitrogen and oxygen atoms in total. The van der Waals surface area contributed by atoms with Crippen molar-refractivity contribution in [2.24, 2.45) is 16.7 Å². The molecule has 0 radical (unpaired) electrons. The lowest BCUT2D eigenvalue weighted by Gasteiger charge is -2.16. The van der Waals surface area contributed by atoms with Crippen molar-refractivity contribution >= 4 is 17.2 Å². The molecule has 0 bridgehead atoms. The molecule has 2 aromatic rings. The van der Waals surface area contributed by atoms with Gasteiger partial charge in [-0.15, -0.1) is 5.10 Å². The second kappa shape index (κ2) is 8.07. The predicted octanol–water partition coefficient (Wildman–Crippen LogP) is 2.55. The Morgan fingerprint density at radius 2 is 1.85 bits per heavy atom. The van der Waals surface area contributed by atoms with Crippen LogP contribution in [0.4, 0.5) is 24.5 Å². The Morgan fingerprint density at radius 3 is 2.42 bits per heavy atom. The van der Waals surface area contributed by atoms with Gasteiger partial charge in [-0.05, 0) is 43.3 Å². The van der Waals surface area contributed by atoms with E-state index >= 15 is 0 Å². The van der Waals surface area contributed by atoms with Crippen LogP contribution in [0.25, 0.3) is 0 Å². The molecule has 6 N–H and O–H groups in total. The lowest BCUT2D eigenvalue weighted by Crippen LogP contribution is -2.32. The van der Waals surface area contributed by atoms with E-state index in [1.807, 2.05) is 13.0 Å². The summed E-state index contributed by atoms with van der Waals surface area (Å²) in [7, 11) is 0. The van der Waals surface area contributed by atoms with Gasteiger partial charge in [0, 0.05) is 16.9 Å². The topological polar surface area (TPSA) is 99.9 Å². The first-order chi connectivity index (χ1) is 12.2. The number of hydrogen-bond acceptors (Lipinski definition) is 5. The zero-order valence-corrected chi connectivity index (χ0v) is 14.1. The van der Waals surface area contributed by atoms with Crippen LogP contribution >= 0.6 is 0 Å². The van der Waals surface area contributed by atoms with Crippen molar-refractivity contribution in [1.29, 1.82) is 0 Å². The molecule has 0 amide bonds. The van der Waals surface area contributed by atoms with Crippen molar-refractivity contribution in [1.82, 2.24) is 5.12 Å². The number of benzene rings is 2. The highest BCUT2D eigenvalue weighted by molar-refractivity contribution is 6.03. The van der Waals surface area contributed by atoms with Crippen LogP contribution in [-0.4, -0.2) is 29.2 Å². The first-order valence-electron chi connectivity index (χ1n) is 7.73. The average molecular weight is 367 g/mol. The summed E-state index contributed by atoms with van der Waals surface area (Å²) in [5, 5.41) is 16.9. The minimum absolute atomic E-state index is 0.105. The van der Waals surface area contributed by atoms with E-state index < -0.39 is 11.7 Å². The monoisotopic (exact) mass is 367 g/mol. The third kappa shape index (κ3) is 5.11. The van der Waals surface area contributed by atoms with Crippen molar-refractivity contribution in [2.75, 3.05) is 18.5 Å². The van der Waals surface area contributed by atoms with Gasteiger partial charge in [0.2, 0.25) is 0 Å². The maximum atomic E-state index is 12.7. The average Bonchev–Trinajstić information content (AvgIpc) is 2.56. The van der Waals surface area contributed by atoms with Gasteiger partial charge in [-0.25, -0.2) is 11.0 Å². The van der Waals surface area contributed by atoms with Gasteiger partial charge in [0.1, 0.15) is 0 Å². The molecule has 26 heavy (non-hydrogen) atoms. The quantitative estimate of drug-likeness (QED) is 0.272. The molecule has 0 aliphatic heterocycles. The van der Waals surface area contributed by atoms with Gasteiger partial charge in [-0.2, -0.15) is 13.2 Å². The number of halogens is 3. The minimum Gasteiger partial charge on any atom is -0.394 e. The largest absolute Gasteiger partial charge is 0.416 e. The molecule has 0 atom stereocenters. The Labute approximate surface area is 148 Å². The molecule has 9 heteroatoms. The molecular formula is C17H20F3N5O. The van der Waals surface area contributed by atoms with E-state index in [1.165, 1.54) is 12.1 Å². The number of nitrogens with two attached hydrogens (primary N) is 2. The van der Waals surface area contributed by atoms with Crippen LogP contribution in [0.5, 0.6) is 0 Å². The Kier molecular flexibility index (Phi) is 6.06. The summed E-state index contributed by atoms with van der Waals surface area (Å²) >= 11 is 0. The number of hydrazine groups is 1. The molecular weight excluding hydrogens is 347 g/mol. The normalized spacial score (nSPS) is 12.2. The summed E-state index contributed by atoms with van der Waals surface area (Å²) in [6.45, 7) is 1.79. The zero-order chi connectivity index (χ0) is 19.3. The number of aryl methyl sites for hydroxylation is 1. The van der Waals surface area contributed by atoms with E-state index in [1.54, 1.807) is 12.1 Å². The van der Waals surface area contributed by atoms with Crippen LogP contribution < -0.4 is 16.9 Å². The number of hydrogen-bond donors (Lipinski definition) is 4. The number of nitrogens with zero attached hydrogens (tertiary/aromatic N) is 2. The van der Waals surface area contributed by atoms with E-state index in [0.29, 0.717) is 16.9 Å². The summed E-state index contributed by atoms with van der Waals surface area (Å²) in [5.41, 5.74) is 7.75. The van der Waals surface area contributed by atoms with Gasteiger partial charge >= 0.3 is 6.18 Å². The molecule has 0 aliphatic rings. The molecule has 0 saturated heterocycles. The first kappa shape index (κ1) is 19.5. The molecule has 0 unspecified atom stereocenters. The van der Waals surface area contributed by atoms with E-state index in [4.69, 9.17) is 16.7 Å². The number of amidine groups is 1. The first-order valence-corrected chi connectivity index (χ1v) is 7.73. The van der Waals surface area contributed by atoms with E-state index in [2.05, 4.69) is 10.4 Å². The number of anilines is 2. The summed E-state index contributed by atoms with van der Waals surface area (Å²) in [5.74, 6) is 5.71. The molecule has 2 rings (SSSR count). The van der Waals surface area contributed by atoms with Crippen LogP contribution in [0.15, 0.2) is 47.6 Å². The summed E-state index contributed by atoms with van der Waals surface area (Å²) in [6.07, 6.45) is -4.39. The molecule has 0 aliphatic carbocycles. The number of hydrazone groups is 1. The fraction of sp³-hybridized carbons (Fsp3) is 0.235. The van der Waals surface area contributed by atoms with Crippen molar-refractivity contribution < 1.29 is 18.3 Å². The third-order valence-electron chi connectivity index (χ3n) is 3.51. The second-order valence-corrected chi connectivity index (χ2v) is 5.62. The van der Waals surface area contributed by atoms with E-state index in [9.17, 15) is 13.2 Å². The van der Waals surface area contributed by atoms with Gasteiger partial charge in [0.25, 0.3) is 0 Å². The van der Waals surface area contributed by atoms with Crippen molar-refractivity contribution in [3.05, 3.63) is 59.2 Å². The lowest BCUT2D eigenvalue weighted by molar-refractivity contribution is -0.137. The second-order valence-electron chi connectivity index (χ2n) is 5.62. The highest BCUT2D eigenvalue weighted by Gasteiger charge is 2.29. The zero-order valence-electron chi connectivity index (χ0n) is 14.1. The van der Waals surface area contributed by atoms with Crippen LogP contribution in [0.3, 0.4) is 0 Å². The number of nitrogens with one attached hydrogen (secondary N) is 1. The van der Waals surface area contributed by atoms with Crippen LogP contribution in [0.1, 0.15) is 16.7 Å². The third-order valence-corrected chi connectivity index (χ3v) is 3.51. The highest BCUT2D eigenvalue weighted by Crippen LogP contribution is 2.30. The van der Waals surface area contributed by atoms with Gasteiger partial charge in [-0.3, -0.25) is 0 Å². The van der Waals surface area contributed by atoms with Gasteiger partial charge < -0.3 is 16.2 Å². The lowest BCUT2D eigenvalue weighted by atomic mass is 10.1. The predicted molar refractivity (Wildman–Crippen MR) is 94.6 cm³/mol. The maximum Gasteiger partial charge on any atom is 0.416 e. The van der Waals surface area contributed by atoms with Gasteiger partial charge in [0.05, 0.1) is 18.7 Å². The van der Waals surface area contributed by atoms with Crippen molar-refractivity contribution in [2.45, 2.75) is 13.1 Å². The SMILES string of the molecule is Cc1ccc(Nc2ccc(C(F)(F)F)cc2)c(/C(N)=N/N(N)CCO)c1. The molecule has 0 heterocycles. The Balaban J connectivity index is 2.30.